The average Bonchev–Trinajstić information content (AvgIpc) is 2.60. The molecular weight excluding hydrogens is 264 g/mol. The second-order valence-electron chi connectivity index (χ2n) is 6.02. The summed E-state index contributed by atoms with van der Waals surface area (Å²) in [5.41, 5.74) is 2.73. The van der Waals surface area contributed by atoms with Gasteiger partial charge in [0, 0.05) is 6.42 Å². The van der Waals surface area contributed by atoms with Crippen molar-refractivity contribution in [3.05, 3.63) is 88.7 Å². The first-order chi connectivity index (χ1) is 10.9. The first-order valence-corrected chi connectivity index (χ1v) is 7.77. The highest BCUT2D eigenvalue weighted by molar-refractivity contribution is 6.00. The van der Waals surface area contributed by atoms with Gasteiger partial charge in [-0.05, 0) is 61.7 Å². The van der Waals surface area contributed by atoms with Crippen LogP contribution in [-0.4, -0.2) is 0 Å². The Balaban J connectivity index is 1.98. The Bertz CT molecular complexity index is 1020. The van der Waals surface area contributed by atoms with Gasteiger partial charge in [-0.3, -0.25) is 0 Å². The minimum Gasteiger partial charge on any atom is -0.0801 e. The molecule has 2 aliphatic rings. The molecule has 0 heteroatoms. The van der Waals surface area contributed by atoms with Crippen LogP contribution in [0.2, 0.25) is 0 Å². The smallest absolute Gasteiger partial charge is 0.0131 e. The molecule has 0 saturated carbocycles. The number of hydrogen-bond donors (Lipinski definition) is 0. The lowest BCUT2D eigenvalue weighted by molar-refractivity contribution is 1.24. The highest BCUT2D eigenvalue weighted by atomic mass is 14.1. The van der Waals surface area contributed by atoms with Gasteiger partial charge in [-0.15, -0.1) is 0 Å². The molecule has 5 rings (SSSR count). The van der Waals surface area contributed by atoms with Crippen molar-refractivity contribution >= 4 is 33.7 Å². The lowest BCUT2D eigenvalue weighted by Gasteiger charge is -2.11. The average molecular weight is 279 g/mol. The predicted octanol–water partition coefficient (Wildman–Crippen LogP) is 3.79. The van der Waals surface area contributed by atoms with Crippen LogP contribution in [0.5, 0.6) is 0 Å². The lowest BCUT2D eigenvalue weighted by Crippen LogP contribution is -2.13. The molecule has 3 aromatic carbocycles. The molecule has 22 heavy (non-hydrogen) atoms. The van der Waals surface area contributed by atoms with Crippen LogP contribution in [0.3, 0.4) is 0 Å². The van der Waals surface area contributed by atoms with Crippen LogP contribution in [0.15, 0.2) is 60.7 Å². The van der Waals surface area contributed by atoms with Crippen molar-refractivity contribution in [3.63, 3.8) is 0 Å². The third-order valence-electron chi connectivity index (χ3n) is 4.75. The second-order valence-corrected chi connectivity index (χ2v) is 6.02. The van der Waals surface area contributed by atoms with E-state index in [4.69, 9.17) is 0 Å². The first kappa shape index (κ1) is 12.0. The van der Waals surface area contributed by atoms with E-state index in [1.807, 2.05) is 0 Å². The molecule has 0 aliphatic heterocycles. The highest BCUT2D eigenvalue weighted by Crippen LogP contribution is 2.22. The van der Waals surface area contributed by atoms with E-state index in [0.29, 0.717) is 0 Å². The summed E-state index contributed by atoms with van der Waals surface area (Å²) >= 11 is 0. The van der Waals surface area contributed by atoms with Crippen LogP contribution in [0.4, 0.5) is 0 Å². The van der Waals surface area contributed by atoms with Crippen molar-refractivity contribution in [2.24, 2.45) is 0 Å². The van der Waals surface area contributed by atoms with E-state index in [2.05, 4.69) is 79.3 Å². The molecule has 0 N–H and O–H groups in total. The minimum atomic E-state index is 1.04. The quantitative estimate of drug-likeness (QED) is 0.549. The minimum absolute atomic E-state index is 1.04. The fraction of sp³-hybridized carbons (Fsp3) is 0.0455. The Labute approximate surface area is 129 Å². The molecule has 0 atom stereocenters. The third-order valence-corrected chi connectivity index (χ3v) is 4.75. The van der Waals surface area contributed by atoms with Crippen molar-refractivity contribution in [2.75, 3.05) is 0 Å². The van der Waals surface area contributed by atoms with Crippen molar-refractivity contribution in [2.45, 2.75) is 6.42 Å². The highest BCUT2D eigenvalue weighted by Gasteiger charge is 2.07. The maximum atomic E-state index is 2.35. The number of fused-ring (bicyclic) bond motifs is 6. The van der Waals surface area contributed by atoms with Gasteiger partial charge in [-0.1, -0.05) is 60.7 Å². The van der Waals surface area contributed by atoms with E-state index < -0.39 is 0 Å². The lowest BCUT2D eigenvalue weighted by atomic mass is 9.93. The van der Waals surface area contributed by atoms with Gasteiger partial charge in [0.05, 0.1) is 0 Å². The molecule has 1 radical (unpaired) electrons. The van der Waals surface area contributed by atoms with Crippen LogP contribution in [-0.2, 0) is 6.42 Å². The molecule has 0 aromatic heterocycles. The molecule has 2 aliphatic carbocycles. The van der Waals surface area contributed by atoms with Gasteiger partial charge in [-0.25, -0.2) is 0 Å². The second kappa shape index (κ2) is 4.45. The summed E-state index contributed by atoms with van der Waals surface area (Å²) < 4.78 is 0. The van der Waals surface area contributed by atoms with Crippen LogP contribution in [0.1, 0.15) is 11.1 Å². The zero-order valence-corrected chi connectivity index (χ0v) is 12.2. The molecule has 3 aromatic rings. The molecule has 0 heterocycles. The number of hydrogen-bond acceptors (Lipinski definition) is 0. The summed E-state index contributed by atoms with van der Waals surface area (Å²) in [6.45, 7) is 0. The maximum Gasteiger partial charge on any atom is 0.0131 e. The number of benzene rings is 3. The molecule has 0 fully saturated rings. The Morgan fingerprint density at radius 3 is 2.36 bits per heavy atom. The van der Waals surface area contributed by atoms with Gasteiger partial charge < -0.3 is 0 Å². The SMILES string of the molecule is [CH]1C=CC=c2c1ccc1cc3c4c(ccc3cc21)CC=CC=4. The van der Waals surface area contributed by atoms with Crippen LogP contribution in [0.25, 0.3) is 33.7 Å². The Hall–Kier alpha value is -2.60. The first-order valence-electron chi connectivity index (χ1n) is 7.77. The van der Waals surface area contributed by atoms with Crippen LogP contribution >= 0.6 is 0 Å². The fourth-order valence-electron chi connectivity index (χ4n) is 3.63. The molecule has 0 nitrogen and oxygen atoms in total. The van der Waals surface area contributed by atoms with Gasteiger partial charge in [-0.2, -0.15) is 0 Å². The van der Waals surface area contributed by atoms with Gasteiger partial charge in [0.1, 0.15) is 0 Å². The van der Waals surface area contributed by atoms with Crippen LogP contribution in [0, 0.1) is 6.42 Å². The molecule has 0 unspecified atom stereocenters. The Kier molecular flexibility index (Phi) is 2.42. The van der Waals surface area contributed by atoms with Crippen LogP contribution < -0.4 is 10.4 Å². The number of rotatable bonds is 0. The standard InChI is InChI=1S/C22H15/c1-3-7-19-15(5-1)9-11-17-14-22-18(13-21(17)19)12-10-16-6-2-4-8-20(16)22/h1-5,7-14H,6H2. The molecule has 103 valence electrons. The summed E-state index contributed by atoms with van der Waals surface area (Å²) in [5, 5.41) is 8.08. The number of allylic oxidation sites excluding steroid dienone is 4. The summed E-state index contributed by atoms with van der Waals surface area (Å²) in [7, 11) is 0. The summed E-state index contributed by atoms with van der Waals surface area (Å²) in [5.74, 6) is 0. The van der Waals surface area contributed by atoms with Gasteiger partial charge in [0.25, 0.3) is 0 Å². The molecular formula is C22H15. The van der Waals surface area contributed by atoms with Crippen molar-refractivity contribution in [1.82, 2.24) is 0 Å². The topological polar surface area (TPSA) is 0 Å². The van der Waals surface area contributed by atoms with E-state index in [1.54, 1.807) is 0 Å². The van der Waals surface area contributed by atoms with Gasteiger partial charge >= 0.3 is 0 Å². The maximum absolute atomic E-state index is 2.35. The van der Waals surface area contributed by atoms with E-state index in [0.717, 1.165) is 6.42 Å². The largest absolute Gasteiger partial charge is 0.0801 e. The monoisotopic (exact) mass is 279 g/mol. The Morgan fingerprint density at radius 2 is 1.45 bits per heavy atom. The zero-order valence-electron chi connectivity index (χ0n) is 12.2. The molecule has 0 amide bonds. The third kappa shape index (κ3) is 1.64. The van der Waals surface area contributed by atoms with E-state index in [-0.39, 0.29) is 0 Å². The van der Waals surface area contributed by atoms with Crippen molar-refractivity contribution in [1.29, 1.82) is 0 Å². The molecule has 0 saturated heterocycles. The Morgan fingerprint density at radius 1 is 0.682 bits per heavy atom. The van der Waals surface area contributed by atoms with E-state index in [9.17, 15) is 0 Å². The van der Waals surface area contributed by atoms with Gasteiger partial charge in [0.15, 0.2) is 0 Å². The predicted molar refractivity (Wildman–Crippen MR) is 95.0 cm³/mol. The molecule has 0 spiro atoms. The van der Waals surface area contributed by atoms with Crippen molar-refractivity contribution < 1.29 is 0 Å². The normalized spacial score (nSPS) is 15.3. The van der Waals surface area contributed by atoms with E-state index in [1.165, 1.54) is 43.1 Å². The molecule has 0 bridgehead atoms. The summed E-state index contributed by atoms with van der Waals surface area (Å²) in [6.07, 6.45) is 16.3. The fourth-order valence-corrected chi connectivity index (χ4v) is 3.63. The summed E-state index contributed by atoms with van der Waals surface area (Å²) in [6, 6.07) is 13.7. The van der Waals surface area contributed by atoms with E-state index >= 15 is 0 Å². The van der Waals surface area contributed by atoms with Crippen molar-refractivity contribution in [3.8, 4) is 0 Å². The van der Waals surface area contributed by atoms with Gasteiger partial charge in [0.2, 0.25) is 0 Å². The zero-order chi connectivity index (χ0) is 14.5. The summed E-state index contributed by atoms with van der Waals surface area (Å²) in [4.78, 5) is 0.